The molecular weight excluding hydrogens is 244 g/mol. The van der Waals surface area contributed by atoms with Gasteiger partial charge in [-0.25, -0.2) is 0 Å². The largest absolute Gasteiger partial charge is 0.335 e. The summed E-state index contributed by atoms with van der Waals surface area (Å²) in [6.45, 7) is 6.90. The minimum absolute atomic E-state index is 0.0917. The smallest absolute Gasteiger partial charge is 0.161 e. The summed E-state index contributed by atoms with van der Waals surface area (Å²) in [6.07, 6.45) is 0. The van der Waals surface area contributed by atoms with Crippen LogP contribution in [0.5, 0.6) is 0 Å². The predicted molar refractivity (Wildman–Crippen MR) is 78.6 cm³/mol. The van der Waals surface area contributed by atoms with Crippen molar-refractivity contribution in [2.45, 2.75) is 26.0 Å². The first-order valence-corrected chi connectivity index (χ1v) is 7.03. The fourth-order valence-corrected chi connectivity index (χ4v) is 2.75. The zero-order valence-corrected chi connectivity index (χ0v) is 11.8. The Kier molecular flexibility index (Phi) is 4.07. The number of amidine groups is 1. The maximum Gasteiger partial charge on any atom is 0.161 e. The summed E-state index contributed by atoms with van der Waals surface area (Å²) in [5, 5.41) is 4.84. The summed E-state index contributed by atoms with van der Waals surface area (Å²) in [7, 11) is 0. The van der Waals surface area contributed by atoms with Crippen molar-refractivity contribution in [2.24, 2.45) is 10.9 Å². The van der Waals surface area contributed by atoms with Gasteiger partial charge in [0.1, 0.15) is 0 Å². The molecule has 4 heteroatoms. The SMILES string of the molecule is CC(=O)c1ccc(NC2=NCC(C(C)C)S2)cc1. The number of benzene rings is 1. The Hall–Kier alpha value is -1.29. The van der Waals surface area contributed by atoms with E-state index in [9.17, 15) is 4.79 Å². The summed E-state index contributed by atoms with van der Waals surface area (Å²) in [5.74, 6) is 0.729. The van der Waals surface area contributed by atoms with E-state index in [-0.39, 0.29) is 5.78 Å². The van der Waals surface area contributed by atoms with Gasteiger partial charge in [-0.15, -0.1) is 0 Å². The van der Waals surface area contributed by atoms with Gasteiger partial charge in [0, 0.05) is 16.5 Å². The van der Waals surface area contributed by atoms with Gasteiger partial charge in [-0.3, -0.25) is 9.79 Å². The van der Waals surface area contributed by atoms with Gasteiger partial charge >= 0.3 is 0 Å². The van der Waals surface area contributed by atoms with Crippen LogP contribution in [0.4, 0.5) is 5.69 Å². The molecule has 1 unspecified atom stereocenters. The maximum absolute atomic E-state index is 11.2. The second-order valence-electron chi connectivity index (χ2n) is 4.80. The summed E-state index contributed by atoms with van der Waals surface area (Å²) < 4.78 is 0. The lowest BCUT2D eigenvalue weighted by Gasteiger charge is -2.12. The molecule has 1 aliphatic heterocycles. The lowest BCUT2D eigenvalue weighted by atomic mass is 10.1. The third kappa shape index (κ3) is 3.13. The molecule has 1 atom stereocenters. The molecule has 0 saturated carbocycles. The van der Waals surface area contributed by atoms with Gasteiger partial charge in [-0.2, -0.15) is 0 Å². The van der Waals surface area contributed by atoms with Crippen LogP contribution in [0.3, 0.4) is 0 Å². The fraction of sp³-hybridized carbons (Fsp3) is 0.429. The van der Waals surface area contributed by atoms with Crippen LogP contribution >= 0.6 is 11.8 Å². The van der Waals surface area contributed by atoms with Gasteiger partial charge in [0.15, 0.2) is 11.0 Å². The Balaban J connectivity index is 1.97. The highest BCUT2D eigenvalue weighted by atomic mass is 32.2. The average Bonchev–Trinajstić information content (AvgIpc) is 2.78. The van der Waals surface area contributed by atoms with Crippen LogP contribution in [-0.2, 0) is 0 Å². The van der Waals surface area contributed by atoms with E-state index in [1.54, 1.807) is 18.7 Å². The minimum Gasteiger partial charge on any atom is -0.335 e. The second kappa shape index (κ2) is 5.57. The van der Waals surface area contributed by atoms with Crippen LogP contribution in [0.1, 0.15) is 31.1 Å². The quantitative estimate of drug-likeness (QED) is 0.849. The van der Waals surface area contributed by atoms with Gasteiger partial charge in [0.2, 0.25) is 0 Å². The zero-order valence-electron chi connectivity index (χ0n) is 10.9. The van der Waals surface area contributed by atoms with Crippen molar-refractivity contribution >= 4 is 28.4 Å². The van der Waals surface area contributed by atoms with E-state index in [2.05, 4.69) is 24.2 Å². The second-order valence-corrected chi connectivity index (χ2v) is 6.03. The van der Waals surface area contributed by atoms with E-state index in [0.717, 1.165) is 23.0 Å². The highest BCUT2D eigenvalue weighted by molar-refractivity contribution is 8.15. The van der Waals surface area contributed by atoms with E-state index >= 15 is 0 Å². The van der Waals surface area contributed by atoms with Gasteiger partial charge < -0.3 is 5.32 Å². The van der Waals surface area contributed by atoms with Crippen molar-refractivity contribution in [2.75, 3.05) is 11.9 Å². The molecule has 0 amide bonds. The lowest BCUT2D eigenvalue weighted by molar-refractivity contribution is 0.101. The summed E-state index contributed by atoms with van der Waals surface area (Å²) >= 11 is 1.80. The van der Waals surface area contributed by atoms with Crippen LogP contribution in [0, 0.1) is 5.92 Å². The normalized spacial score (nSPS) is 18.9. The molecule has 96 valence electrons. The van der Waals surface area contributed by atoms with E-state index in [4.69, 9.17) is 0 Å². The van der Waals surface area contributed by atoms with Crippen molar-refractivity contribution in [1.82, 2.24) is 0 Å². The summed E-state index contributed by atoms with van der Waals surface area (Å²) in [4.78, 5) is 15.7. The Labute approximate surface area is 112 Å². The molecule has 0 spiro atoms. The first kappa shape index (κ1) is 13.1. The average molecular weight is 262 g/mol. The van der Waals surface area contributed by atoms with Gasteiger partial charge in [-0.05, 0) is 37.1 Å². The number of hydrogen-bond donors (Lipinski definition) is 1. The van der Waals surface area contributed by atoms with Crippen molar-refractivity contribution in [3.05, 3.63) is 29.8 Å². The highest BCUT2D eigenvalue weighted by Gasteiger charge is 2.22. The first-order valence-electron chi connectivity index (χ1n) is 6.15. The topological polar surface area (TPSA) is 41.5 Å². The van der Waals surface area contributed by atoms with Gasteiger partial charge in [0.25, 0.3) is 0 Å². The third-order valence-corrected chi connectivity index (χ3v) is 4.41. The molecule has 0 saturated heterocycles. The van der Waals surface area contributed by atoms with Crippen molar-refractivity contribution < 1.29 is 4.79 Å². The number of rotatable bonds is 3. The number of anilines is 1. The first-order chi connectivity index (χ1) is 8.56. The molecule has 0 aromatic heterocycles. The molecule has 0 fully saturated rings. The Morgan fingerprint density at radius 1 is 1.39 bits per heavy atom. The standard InChI is InChI=1S/C14H18N2OS/c1-9(2)13-8-15-14(18-13)16-12-6-4-11(5-7-12)10(3)17/h4-7,9,13H,8H2,1-3H3,(H,15,16). The monoisotopic (exact) mass is 262 g/mol. The summed E-state index contributed by atoms with van der Waals surface area (Å²) in [6, 6.07) is 7.51. The Morgan fingerprint density at radius 2 is 2.06 bits per heavy atom. The number of thioether (sulfide) groups is 1. The Morgan fingerprint density at radius 3 is 2.56 bits per heavy atom. The van der Waals surface area contributed by atoms with Gasteiger partial charge in [0.05, 0.1) is 6.54 Å². The molecule has 2 rings (SSSR count). The van der Waals surface area contributed by atoms with Crippen LogP contribution in [0.25, 0.3) is 0 Å². The molecule has 1 aromatic carbocycles. The molecule has 1 aromatic rings. The van der Waals surface area contributed by atoms with Crippen molar-refractivity contribution in [3.8, 4) is 0 Å². The molecular formula is C14H18N2OS. The number of carbonyl (C=O) groups is 1. The molecule has 1 N–H and O–H groups in total. The number of aliphatic imine (C=N–C) groups is 1. The molecule has 18 heavy (non-hydrogen) atoms. The number of nitrogens with one attached hydrogen (secondary N) is 1. The minimum atomic E-state index is 0.0917. The molecule has 0 bridgehead atoms. The molecule has 0 aliphatic carbocycles. The van der Waals surface area contributed by atoms with E-state index in [1.165, 1.54) is 0 Å². The van der Waals surface area contributed by atoms with E-state index in [1.807, 2.05) is 24.3 Å². The predicted octanol–water partition coefficient (Wildman–Crippen LogP) is 3.43. The third-order valence-electron chi connectivity index (χ3n) is 2.96. The number of nitrogens with zero attached hydrogens (tertiary/aromatic N) is 1. The molecule has 1 heterocycles. The highest BCUT2D eigenvalue weighted by Crippen LogP contribution is 2.27. The molecule has 1 aliphatic rings. The molecule has 3 nitrogen and oxygen atoms in total. The van der Waals surface area contributed by atoms with Crippen LogP contribution < -0.4 is 5.32 Å². The van der Waals surface area contributed by atoms with E-state index < -0.39 is 0 Å². The summed E-state index contributed by atoms with van der Waals surface area (Å²) in [5.41, 5.74) is 1.72. The Bertz CT molecular complexity index is 465. The number of hydrogen-bond acceptors (Lipinski definition) is 4. The van der Waals surface area contributed by atoms with Crippen LogP contribution in [0.2, 0.25) is 0 Å². The van der Waals surface area contributed by atoms with Crippen LogP contribution in [-0.4, -0.2) is 22.7 Å². The van der Waals surface area contributed by atoms with E-state index in [0.29, 0.717) is 11.2 Å². The maximum atomic E-state index is 11.2. The van der Waals surface area contributed by atoms with Gasteiger partial charge in [-0.1, -0.05) is 25.6 Å². The van der Waals surface area contributed by atoms with Crippen molar-refractivity contribution in [3.63, 3.8) is 0 Å². The number of ketones is 1. The van der Waals surface area contributed by atoms with Crippen molar-refractivity contribution in [1.29, 1.82) is 0 Å². The fourth-order valence-electron chi connectivity index (χ4n) is 1.72. The molecule has 0 radical (unpaired) electrons. The number of Topliss-reactive ketones (excluding diaryl/α,β-unsaturated/α-hetero) is 1. The number of carbonyl (C=O) groups excluding carboxylic acids is 1. The van der Waals surface area contributed by atoms with Crippen LogP contribution in [0.15, 0.2) is 29.3 Å². The zero-order chi connectivity index (χ0) is 13.1. The lowest BCUT2D eigenvalue weighted by Crippen LogP contribution is -2.13.